The van der Waals surface area contributed by atoms with Crippen LogP contribution < -0.4 is 15.9 Å². The summed E-state index contributed by atoms with van der Waals surface area (Å²) in [7, 11) is 2.26. The second kappa shape index (κ2) is 9.04. The number of hydrogen-bond donors (Lipinski definition) is 1. The Hall–Kier alpha value is -2.70. The van der Waals surface area contributed by atoms with Crippen molar-refractivity contribution in [2.24, 2.45) is 0 Å². The first-order valence-corrected chi connectivity index (χ1v) is 12.3. The van der Waals surface area contributed by atoms with E-state index in [4.69, 9.17) is 9.97 Å². The molecule has 0 amide bonds. The number of anilines is 1. The molecule has 1 atom stereocenters. The third-order valence-corrected chi connectivity index (χ3v) is 7.77. The second-order valence-corrected chi connectivity index (χ2v) is 10.1. The van der Waals surface area contributed by atoms with Crippen LogP contribution >= 0.6 is 11.3 Å². The largest absolute Gasteiger partial charge is 0.365 e. The molecule has 2 aliphatic rings. The van der Waals surface area contributed by atoms with E-state index in [9.17, 15) is 0 Å². The lowest BCUT2D eigenvalue weighted by atomic mass is 10.0. The summed E-state index contributed by atoms with van der Waals surface area (Å²) in [6.07, 6.45) is 6.23. The predicted molar refractivity (Wildman–Crippen MR) is 133 cm³/mol. The number of nitrogens with zero attached hydrogens (tertiary/aromatic N) is 4. The predicted octanol–water partition coefficient (Wildman–Crippen LogP) is 3.23. The summed E-state index contributed by atoms with van der Waals surface area (Å²) in [5.74, 6) is 0.407. The van der Waals surface area contributed by atoms with Gasteiger partial charge in [0, 0.05) is 49.2 Å². The smallest absolute Gasteiger partial charge is 0.124 e. The Balaban J connectivity index is 1.51. The van der Waals surface area contributed by atoms with Gasteiger partial charge in [-0.1, -0.05) is 44.2 Å². The molecule has 2 aromatic heterocycles. The molecule has 6 heteroatoms. The van der Waals surface area contributed by atoms with E-state index >= 15 is 0 Å². The highest BCUT2D eigenvalue weighted by Crippen LogP contribution is 2.35. The van der Waals surface area contributed by atoms with Crippen LogP contribution in [0, 0.1) is 0 Å². The Bertz CT molecular complexity index is 1200. The van der Waals surface area contributed by atoms with Crippen LogP contribution in [0.2, 0.25) is 0 Å². The molecule has 1 saturated heterocycles. The lowest BCUT2D eigenvalue weighted by molar-refractivity contribution is 0.127. The first kappa shape index (κ1) is 21.2. The summed E-state index contributed by atoms with van der Waals surface area (Å²) in [5.41, 5.74) is 3.64. The molecule has 166 valence electrons. The Kier molecular flexibility index (Phi) is 5.98. The summed E-state index contributed by atoms with van der Waals surface area (Å²) < 4.78 is 0. The van der Waals surface area contributed by atoms with E-state index in [0.717, 1.165) is 53.7 Å². The topological polar surface area (TPSA) is 44.3 Å². The van der Waals surface area contributed by atoms with Gasteiger partial charge in [-0.25, -0.2) is 4.98 Å². The fourth-order valence-corrected chi connectivity index (χ4v) is 5.51. The van der Waals surface area contributed by atoms with E-state index in [-0.39, 0.29) is 0 Å². The number of rotatable bonds is 5. The van der Waals surface area contributed by atoms with Gasteiger partial charge < -0.3 is 10.2 Å². The fourth-order valence-electron chi connectivity index (χ4n) is 4.57. The molecule has 3 aromatic rings. The molecule has 0 spiro atoms. The minimum atomic E-state index is 0.407. The number of fused-ring (bicyclic) bond motifs is 2. The van der Waals surface area contributed by atoms with Crippen LogP contribution in [-0.4, -0.2) is 52.5 Å². The van der Waals surface area contributed by atoms with Crippen molar-refractivity contribution < 1.29 is 0 Å². The van der Waals surface area contributed by atoms with Crippen molar-refractivity contribution in [3.05, 3.63) is 75.5 Å². The van der Waals surface area contributed by atoms with Crippen LogP contribution in [0.15, 0.2) is 48.7 Å². The SMILES string of the molecule is CC(C)c1nc2c(s1)NC=c1cccnc1=C2N1CCN(C)C(CCc2ccccc2)C1. The second-order valence-electron chi connectivity index (χ2n) is 9.07. The molecule has 0 radical (unpaired) electrons. The van der Waals surface area contributed by atoms with Gasteiger partial charge in [-0.3, -0.25) is 9.88 Å². The first-order valence-electron chi connectivity index (χ1n) is 11.5. The van der Waals surface area contributed by atoms with Gasteiger partial charge in [0.2, 0.25) is 0 Å². The van der Waals surface area contributed by atoms with Gasteiger partial charge in [-0.05, 0) is 37.6 Å². The van der Waals surface area contributed by atoms with Gasteiger partial charge in [-0.2, -0.15) is 0 Å². The highest BCUT2D eigenvalue weighted by molar-refractivity contribution is 7.16. The van der Waals surface area contributed by atoms with Crippen molar-refractivity contribution in [1.29, 1.82) is 0 Å². The molecule has 0 bridgehead atoms. The monoisotopic (exact) mass is 445 g/mol. The molecule has 5 rings (SSSR count). The Labute approximate surface area is 194 Å². The van der Waals surface area contributed by atoms with Gasteiger partial charge in [0.05, 0.1) is 16.1 Å². The molecule has 5 nitrogen and oxygen atoms in total. The maximum atomic E-state index is 5.11. The van der Waals surface area contributed by atoms with Crippen molar-refractivity contribution in [1.82, 2.24) is 19.8 Å². The number of likely N-dealkylation sites (N-methyl/N-ethyl adjacent to an activating group) is 1. The minimum absolute atomic E-state index is 0.407. The van der Waals surface area contributed by atoms with Crippen molar-refractivity contribution in [2.45, 2.75) is 38.6 Å². The van der Waals surface area contributed by atoms with Crippen LogP contribution in [0.3, 0.4) is 0 Å². The molecular weight excluding hydrogens is 414 g/mol. The van der Waals surface area contributed by atoms with Crippen LogP contribution in [-0.2, 0) is 6.42 Å². The van der Waals surface area contributed by atoms with Crippen LogP contribution in [0.4, 0.5) is 5.00 Å². The quantitative estimate of drug-likeness (QED) is 0.653. The van der Waals surface area contributed by atoms with Gasteiger partial charge in [0.15, 0.2) is 0 Å². The molecule has 32 heavy (non-hydrogen) atoms. The molecule has 1 aromatic carbocycles. The maximum absolute atomic E-state index is 5.11. The molecule has 1 N–H and O–H groups in total. The molecule has 0 saturated carbocycles. The zero-order chi connectivity index (χ0) is 22.1. The standard InChI is InChI=1S/C26H31N5S/c1-18(2)25-29-23-24(22-20(10-7-13-27-22)16-28-26(23)32-25)31-15-14-30(3)21(17-31)12-11-19-8-5-4-6-9-19/h4-10,13,16,18,21,28H,11-12,14-15,17H2,1-3H3. The van der Waals surface area contributed by atoms with E-state index in [1.54, 1.807) is 11.3 Å². The van der Waals surface area contributed by atoms with E-state index < -0.39 is 0 Å². The molecule has 1 unspecified atom stereocenters. The van der Waals surface area contributed by atoms with E-state index in [0.29, 0.717) is 12.0 Å². The van der Waals surface area contributed by atoms with Crippen LogP contribution in [0.5, 0.6) is 0 Å². The van der Waals surface area contributed by atoms with Crippen molar-refractivity contribution >= 4 is 28.2 Å². The van der Waals surface area contributed by atoms with Gasteiger partial charge in [0.1, 0.15) is 10.7 Å². The molecular formula is C26H31N5S. The van der Waals surface area contributed by atoms with Crippen LogP contribution in [0.1, 0.15) is 42.5 Å². The van der Waals surface area contributed by atoms with Crippen molar-refractivity contribution in [2.75, 3.05) is 32.0 Å². The third kappa shape index (κ3) is 4.17. The third-order valence-electron chi connectivity index (χ3n) is 6.49. The van der Waals surface area contributed by atoms with Gasteiger partial charge in [-0.15, -0.1) is 11.3 Å². The number of nitrogens with one attached hydrogen (secondary N) is 1. The van der Waals surface area contributed by atoms with Gasteiger partial charge in [0.25, 0.3) is 0 Å². The molecule has 4 heterocycles. The number of thiazole rings is 1. The van der Waals surface area contributed by atoms with Gasteiger partial charge >= 0.3 is 0 Å². The molecule has 2 aliphatic heterocycles. The first-order chi connectivity index (χ1) is 15.6. The number of pyridine rings is 1. The zero-order valence-corrected chi connectivity index (χ0v) is 19.9. The normalized spacial score (nSPS) is 18.6. The van der Waals surface area contributed by atoms with Crippen LogP contribution in [0.25, 0.3) is 11.9 Å². The van der Waals surface area contributed by atoms with E-state index in [1.807, 2.05) is 12.3 Å². The average Bonchev–Trinajstić information content (AvgIpc) is 3.17. The lowest BCUT2D eigenvalue weighted by Crippen LogP contribution is -2.52. The van der Waals surface area contributed by atoms with E-state index in [2.05, 4.69) is 78.6 Å². The summed E-state index contributed by atoms with van der Waals surface area (Å²) in [5, 5.41) is 7.98. The van der Waals surface area contributed by atoms with Crippen molar-refractivity contribution in [3.63, 3.8) is 0 Å². The number of aromatic nitrogens is 2. The summed E-state index contributed by atoms with van der Waals surface area (Å²) in [6.45, 7) is 7.44. The highest BCUT2D eigenvalue weighted by Gasteiger charge is 2.30. The number of piperazine rings is 1. The maximum Gasteiger partial charge on any atom is 0.124 e. The minimum Gasteiger partial charge on any atom is -0.365 e. The zero-order valence-electron chi connectivity index (χ0n) is 19.1. The Morgan fingerprint density at radius 1 is 1.12 bits per heavy atom. The highest BCUT2D eigenvalue weighted by atomic mass is 32.1. The Morgan fingerprint density at radius 3 is 2.78 bits per heavy atom. The number of benzene rings is 1. The Morgan fingerprint density at radius 2 is 1.97 bits per heavy atom. The molecule has 0 aliphatic carbocycles. The van der Waals surface area contributed by atoms with E-state index in [1.165, 1.54) is 16.3 Å². The average molecular weight is 446 g/mol. The molecule has 1 fully saturated rings. The summed E-state index contributed by atoms with van der Waals surface area (Å²) >= 11 is 1.76. The van der Waals surface area contributed by atoms with Crippen molar-refractivity contribution in [3.8, 4) is 0 Å². The summed E-state index contributed by atoms with van der Waals surface area (Å²) in [6, 6.07) is 15.5. The lowest BCUT2D eigenvalue weighted by Gasteiger charge is -2.41. The fraction of sp³-hybridized carbons (Fsp3) is 0.385. The number of hydrogen-bond acceptors (Lipinski definition) is 6. The number of aryl methyl sites for hydroxylation is 1. The summed E-state index contributed by atoms with van der Waals surface area (Å²) in [4.78, 5) is 15.0.